The third-order valence-corrected chi connectivity index (χ3v) is 3.13. The molecule has 2 heteroatoms. The van der Waals surface area contributed by atoms with Gasteiger partial charge in [0.15, 0.2) is 5.78 Å². The standard InChI is InChI=1S/C14H16O2/c1-10(15)13-9-14(3,16-11(13)2)12-7-5-4-6-8-12/h4-8H,9H2,1-3H3. The first kappa shape index (κ1) is 10.9. The van der Waals surface area contributed by atoms with Crippen LogP contribution in [-0.2, 0) is 15.1 Å². The number of allylic oxidation sites excluding steroid dienone is 1. The highest BCUT2D eigenvalue weighted by atomic mass is 16.5. The van der Waals surface area contributed by atoms with E-state index in [4.69, 9.17) is 4.74 Å². The van der Waals surface area contributed by atoms with Gasteiger partial charge in [-0.05, 0) is 26.3 Å². The van der Waals surface area contributed by atoms with Gasteiger partial charge in [0.05, 0.1) is 0 Å². The molecule has 84 valence electrons. The molecule has 0 fully saturated rings. The fraction of sp³-hybridized carbons (Fsp3) is 0.357. The molecule has 0 saturated heterocycles. The Balaban J connectivity index is 2.31. The van der Waals surface area contributed by atoms with Crippen LogP contribution < -0.4 is 0 Å². The molecule has 1 aromatic rings. The Morgan fingerprint density at radius 2 is 1.94 bits per heavy atom. The predicted molar refractivity (Wildman–Crippen MR) is 62.9 cm³/mol. The molecule has 0 aromatic heterocycles. The van der Waals surface area contributed by atoms with Crippen LogP contribution in [0.2, 0.25) is 0 Å². The summed E-state index contributed by atoms with van der Waals surface area (Å²) >= 11 is 0. The molecule has 1 atom stereocenters. The van der Waals surface area contributed by atoms with Crippen molar-refractivity contribution in [1.29, 1.82) is 0 Å². The minimum absolute atomic E-state index is 0.108. The van der Waals surface area contributed by atoms with Gasteiger partial charge in [-0.15, -0.1) is 0 Å². The van der Waals surface area contributed by atoms with Gasteiger partial charge < -0.3 is 4.74 Å². The van der Waals surface area contributed by atoms with Gasteiger partial charge in [-0.2, -0.15) is 0 Å². The van der Waals surface area contributed by atoms with Crippen LogP contribution in [0.15, 0.2) is 41.7 Å². The summed E-state index contributed by atoms with van der Waals surface area (Å²) < 4.78 is 5.87. The number of hydrogen-bond donors (Lipinski definition) is 0. The average molecular weight is 216 g/mol. The summed E-state index contributed by atoms with van der Waals surface area (Å²) in [5.74, 6) is 0.871. The highest BCUT2D eigenvalue weighted by Crippen LogP contribution is 2.41. The van der Waals surface area contributed by atoms with Crippen LogP contribution in [0.3, 0.4) is 0 Å². The lowest BCUT2D eigenvalue weighted by atomic mass is 9.89. The van der Waals surface area contributed by atoms with E-state index in [1.54, 1.807) is 6.92 Å². The van der Waals surface area contributed by atoms with Crippen molar-refractivity contribution in [2.75, 3.05) is 0 Å². The Kier molecular flexibility index (Phi) is 2.58. The van der Waals surface area contributed by atoms with Gasteiger partial charge in [0.2, 0.25) is 0 Å². The van der Waals surface area contributed by atoms with Crippen LogP contribution in [0, 0.1) is 0 Å². The molecule has 0 N–H and O–H groups in total. The van der Waals surface area contributed by atoms with Crippen molar-refractivity contribution in [1.82, 2.24) is 0 Å². The molecule has 0 saturated carbocycles. The normalized spacial score (nSPS) is 24.4. The molecular formula is C14H16O2. The van der Waals surface area contributed by atoms with Crippen molar-refractivity contribution in [2.24, 2.45) is 0 Å². The number of ketones is 1. The summed E-state index contributed by atoms with van der Waals surface area (Å²) in [4.78, 5) is 11.4. The maximum absolute atomic E-state index is 11.4. The number of carbonyl (C=O) groups is 1. The van der Waals surface area contributed by atoms with Gasteiger partial charge in [0.25, 0.3) is 0 Å². The van der Waals surface area contributed by atoms with Gasteiger partial charge >= 0.3 is 0 Å². The molecule has 16 heavy (non-hydrogen) atoms. The zero-order valence-electron chi connectivity index (χ0n) is 9.91. The third kappa shape index (κ3) is 1.75. The van der Waals surface area contributed by atoms with E-state index < -0.39 is 0 Å². The lowest BCUT2D eigenvalue weighted by molar-refractivity contribution is -0.113. The number of rotatable bonds is 2. The quantitative estimate of drug-likeness (QED) is 0.759. The van der Waals surface area contributed by atoms with Gasteiger partial charge in [0.1, 0.15) is 11.4 Å². The molecule has 1 heterocycles. The SMILES string of the molecule is CC(=O)C1=C(C)OC(C)(c2ccccc2)C1. The summed E-state index contributed by atoms with van der Waals surface area (Å²) in [7, 11) is 0. The van der Waals surface area contributed by atoms with Gasteiger partial charge in [-0.1, -0.05) is 30.3 Å². The fourth-order valence-electron chi connectivity index (χ4n) is 2.22. The second kappa shape index (κ2) is 3.78. The smallest absolute Gasteiger partial charge is 0.159 e. The molecule has 1 aliphatic rings. The van der Waals surface area contributed by atoms with Crippen LogP contribution in [0.25, 0.3) is 0 Å². The van der Waals surface area contributed by atoms with Crippen molar-refractivity contribution in [3.05, 3.63) is 47.2 Å². The summed E-state index contributed by atoms with van der Waals surface area (Å²) in [6, 6.07) is 10.0. The topological polar surface area (TPSA) is 26.3 Å². The summed E-state index contributed by atoms with van der Waals surface area (Å²) in [5, 5.41) is 0. The molecule has 1 unspecified atom stereocenters. The van der Waals surface area contributed by atoms with E-state index in [2.05, 4.69) is 0 Å². The van der Waals surface area contributed by atoms with Gasteiger partial charge in [0, 0.05) is 12.0 Å². The molecule has 1 aliphatic heterocycles. The van der Waals surface area contributed by atoms with Crippen molar-refractivity contribution >= 4 is 5.78 Å². The Hall–Kier alpha value is -1.57. The zero-order chi connectivity index (χ0) is 11.8. The molecule has 0 aliphatic carbocycles. The second-order valence-corrected chi connectivity index (χ2v) is 4.47. The second-order valence-electron chi connectivity index (χ2n) is 4.47. The molecule has 1 aromatic carbocycles. The molecule has 2 rings (SSSR count). The van der Waals surface area contributed by atoms with Crippen molar-refractivity contribution < 1.29 is 9.53 Å². The molecule has 0 radical (unpaired) electrons. The van der Waals surface area contributed by atoms with Crippen molar-refractivity contribution in [2.45, 2.75) is 32.8 Å². The number of ether oxygens (including phenoxy) is 1. The van der Waals surface area contributed by atoms with Gasteiger partial charge in [-0.25, -0.2) is 0 Å². The minimum atomic E-state index is -0.383. The number of carbonyl (C=O) groups excluding carboxylic acids is 1. The molecule has 0 bridgehead atoms. The Bertz CT molecular complexity index is 445. The monoisotopic (exact) mass is 216 g/mol. The van der Waals surface area contributed by atoms with E-state index in [1.165, 1.54) is 0 Å². The van der Waals surface area contributed by atoms with Crippen LogP contribution >= 0.6 is 0 Å². The molecular weight excluding hydrogens is 200 g/mol. The van der Waals surface area contributed by atoms with E-state index in [9.17, 15) is 4.79 Å². The maximum Gasteiger partial charge on any atom is 0.159 e. The summed E-state index contributed by atoms with van der Waals surface area (Å²) in [6.07, 6.45) is 0.665. The van der Waals surface area contributed by atoms with Crippen LogP contribution in [0.1, 0.15) is 32.8 Å². The zero-order valence-corrected chi connectivity index (χ0v) is 9.91. The average Bonchev–Trinajstić information content (AvgIpc) is 2.57. The maximum atomic E-state index is 11.4. The van der Waals surface area contributed by atoms with E-state index in [0.717, 1.165) is 16.9 Å². The molecule has 0 amide bonds. The number of benzene rings is 1. The van der Waals surface area contributed by atoms with E-state index in [-0.39, 0.29) is 11.4 Å². The number of hydrogen-bond acceptors (Lipinski definition) is 2. The summed E-state index contributed by atoms with van der Waals surface area (Å²) in [5.41, 5.74) is 1.55. The highest BCUT2D eigenvalue weighted by Gasteiger charge is 2.37. The highest BCUT2D eigenvalue weighted by molar-refractivity contribution is 5.94. The van der Waals surface area contributed by atoms with Crippen LogP contribution in [0.4, 0.5) is 0 Å². The Labute approximate surface area is 95.9 Å². The Morgan fingerprint density at radius 3 is 2.44 bits per heavy atom. The third-order valence-electron chi connectivity index (χ3n) is 3.13. The van der Waals surface area contributed by atoms with Crippen molar-refractivity contribution in [3.63, 3.8) is 0 Å². The van der Waals surface area contributed by atoms with Gasteiger partial charge in [-0.3, -0.25) is 4.79 Å². The molecule has 0 spiro atoms. The first-order valence-corrected chi connectivity index (χ1v) is 5.48. The van der Waals surface area contributed by atoms with E-state index >= 15 is 0 Å². The first-order chi connectivity index (χ1) is 7.53. The molecule has 2 nitrogen and oxygen atoms in total. The lowest BCUT2D eigenvalue weighted by Gasteiger charge is -2.25. The van der Waals surface area contributed by atoms with Crippen LogP contribution in [0.5, 0.6) is 0 Å². The largest absolute Gasteiger partial charge is 0.487 e. The Morgan fingerprint density at radius 1 is 1.31 bits per heavy atom. The predicted octanol–water partition coefficient (Wildman–Crippen LogP) is 3.19. The van der Waals surface area contributed by atoms with Crippen molar-refractivity contribution in [3.8, 4) is 0 Å². The fourth-order valence-corrected chi connectivity index (χ4v) is 2.22. The van der Waals surface area contributed by atoms with Crippen LogP contribution in [-0.4, -0.2) is 5.78 Å². The summed E-state index contributed by atoms with van der Waals surface area (Å²) in [6.45, 7) is 5.49. The number of Topliss-reactive ketones (excluding diaryl/α,β-unsaturated/α-hetero) is 1. The minimum Gasteiger partial charge on any atom is -0.487 e. The lowest BCUT2D eigenvalue weighted by Crippen LogP contribution is -2.21. The van der Waals surface area contributed by atoms with E-state index in [1.807, 2.05) is 44.2 Å². The van der Waals surface area contributed by atoms with E-state index in [0.29, 0.717) is 6.42 Å². The first-order valence-electron chi connectivity index (χ1n) is 5.48.